The van der Waals surface area contributed by atoms with Crippen molar-refractivity contribution in [1.29, 1.82) is 0 Å². The summed E-state index contributed by atoms with van der Waals surface area (Å²) in [7, 11) is 0. The molecule has 0 aromatic heterocycles. The van der Waals surface area contributed by atoms with Gasteiger partial charge in [-0.3, -0.25) is 4.79 Å². The van der Waals surface area contributed by atoms with Crippen molar-refractivity contribution in [3.05, 3.63) is 33.8 Å². The molecule has 1 aromatic rings. The lowest BCUT2D eigenvalue weighted by molar-refractivity contribution is -0.123. The summed E-state index contributed by atoms with van der Waals surface area (Å²) in [5.41, 5.74) is 6.43. The number of nitrogens with two attached hydrogens (primary N) is 1. The second-order valence-corrected chi connectivity index (χ2v) is 6.11. The average Bonchev–Trinajstić information content (AvgIpc) is 2.43. The third-order valence-electron chi connectivity index (χ3n) is 4.05. The molecule has 0 bridgehead atoms. The lowest BCUT2D eigenvalue weighted by atomic mass is 9.79. The monoisotopic (exact) mass is 299 g/mol. The van der Waals surface area contributed by atoms with Crippen LogP contribution in [0.4, 0.5) is 0 Å². The minimum Gasteiger partial charge on any atom is -0.330 e. The fourth-order valence-electron chi connectivity index (χ4n) is 2.74. The predicted octanol–water partition coefficient (Wildman–Crippen LogP) is 3.87. The summed E-state index contributed by atoms with van der Waals surface area (Å²) >= 11 is 12.2. The molecule has 0 unspecified atom stereocenters. The molecule has 1 saturated carbocycles. The lowest BCUT2D eigenvalue weighted by Gasteiger charge is -2.26. The summed E-state index contributed by atoms with van der Waals surface area (Å²) < 4.78 is 0. The van der Waals surface area contributed by atoms with Crippen molar-refractivity contribution in [2.75, 3.05) is 6.54 Å². The van der Waals surface area contributed by atoms with E-state index in [9.17, 15) is 4.79 Å². The number of Topliss-reactive ketones (excluding diaryl/α,β-unsaturated/α-hetero) is 1. The van der Waals surface area contributed by atoms with E-state index < -0.39 is 0 Å². The van der Waals surface area contributed by atoms with Gasteiger partial charge in [0.15, 0.2) is 0 Å². The van der Waals surface area contributed by atoms with Crippen molar-refractivity contribution in [2.24, 2.45) is 17.6 Å². The van der Waals surface area contributed by atoms with E-state index in [0.717, 1.165) is 37.8 Å². The fourth-order valence-corrected chi connectivity index (χ4v) is 3.27. The van der Waals surface area contributed by atoms with Gasteiger partial charge in [-0.2, -0.15) is 0 Å². The van der Waals surface area contributed by atoms with E-state index in [0.29, 0.717) is 22.4 Å². The van der Waals surface area contributed by atoms with Crippen molar-refractivity contribution in [2.45, 2.75) is 32.1 Å². The lowest BCUT2D eigenvalue weighted by Crippen LogP contribution is -2.26. The van der Waals surface area contributed by atoms with Gasteiger partial charge in [-0.1, -0.05) is 29.3 Å². The Balaban J connectivity index is 1.98. The number of rotatable bonds is 4. The molecule has 0 spiro atoms. The zero-order chi connectivity index (χ0) is 13.8. The van der Waals surface area contributed by atoms with Gasteiger partial charge in [-0.25, -0.2) is 0 Å². The van der Waals surface area contributed by atoms with E-state index in [-0.39, 0.29) is 11.7 Å². The fraction of sp³-hybridized carbons (Fsp3) is 0.533. The minimum atomic E-state index is 0.148. The summed E-state index contributed by atoms with van der Waals surface area (Å²) in [5.74, 6) is 0.994. The molecule has 19 heavy (non-hydrogen) atoms. The van der Waals surface area contributed by atoms with Gasteiger partial charge in [0.25, 0.3) is 0 Å². The molecule has 104 valence electrons. The number of ketones is 1. The Hall–Kier alpha value is -0.570. The van der Waals surface area contributed by atoms with E-state index in [1.54, 1.807) is 18.2 Å². The van der Waals surface area contributed by atoms with Crippen LogP contribution in [0.3, 0.4) is 0 Å². The minimum absolute atomic E-state index is 0.148. The Bertz CT molecular complexity index is 433. The van der Waals surface area contributed by atoms with E-state index >= 15 is 0 Å². The molecule has 1 fully saturated rings. The molecular formula is C15H19Cl2NO. The predicted molar refractivity (Wildman–Crippen MR) is 79.7 cm³/mol. The van der Waals surface area contributed by atoms with Gasteiger partial charge in [0, 0.05) is 22.4 Å². The Morgan fingerprint density at radius 3 is 2.26 bits per heavy atom. The van der Waals surface area contributed by atoms with Crippen LogP contribution in [0.1, 0.15) is 31.2 Å². The largest absolute Gasteiger partial charge is 0.330 e. The third-order valence-corrected chi connectivity index (χ3v) is 4.76. The number of carbonyl (C=O) groups is 1. The van der Waals surface area contributed by atoms with Gasteiger partial charge >= 0.3 is 0 Å². The summed E-state index contributed by atoms with van der Waals surface area (Å²) in [6.07, 6.45) is 4.36. The van der Waals surface area contributed by atoms with Crippen LogP contribution in [-0.4, -0.2) is 12.3 Å². The van der Waals surface area contributed by atoms with Crippen molar-refractivity contribution >= 4 is 29.0 Å². The Kier molecular flexibility index (Phi) is 5.26. The zero-order valence-electron chi connectivity index (χ0n) is 10.9. The molecule has 1 aromatic carbocycles. The van der Waals surface area contributed by atoms with Gasteiger partial charge < -0.3 is 5.73 Å². The van der Waals surface area contributed by atoms with Crippen LogP contribution in [0.5, 0.6) is 0 Å². The second-order valence-electron chi connectivity index (χ2n) is 5.30. The normalized spacial score (nSPS) is 23.3. The van der Waals surface area contributed by atoms with Crippen LogP contribution < -0.4 is 5.73 Å². The number of benzene rings is 1. The molecule has 0 radical (unpaired) electrons. The molecule has 4 heteroatoms. The number of hydrogen-bond acceptors (Lipinski definition) is 2. The van der Waals surface area contributed by atoms with E-state index in [4.69, 9.17) is 28.9 Å². The maximum Gasteiger partial charge on any atom is 0.140 e. The Morgan fingerprint density at radius 2 is 1.74 bits per heavy atom. The van der Waals surface area contributed by atoms with E-state index in [2.05, 4.69) is 0 Å². The number of halogens is 2. The van der Waals surface area contributed by atoms with Gasteiger partial charge in [0.2, 0.25) is 0 Å². The highest BCUT2D eigenvalue weighted by Crippen LogP contribution is 2.31. The molecular weight excluding hydrogens is 281 g/mol. The van der Waals surface area contributed by atoms with Crippen LogP contribution in [0.2, 0.25) is 10.0 Å². The van der Waals surface area contributed by atoms with Gasteiger partial charge in [-0.05, 0) is 55.8 Å². The summed E-state index contributed by atoms with van der Waals surface area (Å²) in [6.45, 7) is 0.733. The van der Waals surface area contributed by atoms with Gasteiger partial charge in [0.1, 0.15) is 5.78 Å². The molecule has 0 aliphatic heterocycles. The number of carbonyl (C=O) groups excluding carboxylic acids is 1. The molecule has 1 aliphatic rings. The molecule has 0 saturated heterocycles. The maximum atomic E-state index is 12.3. The molecule has 0 amide bonds. The Morgan fingerprint density at radius 1 is 1.16 bits per heavy atom. The highest BCUT2D eigenvalue weighted by molar-refractivity contribution is 6.36. The smallest absolute Gasteiger partial charge is 0.140 e. The van der Waals surface area contributed by atoms with Crippen molar-refractivity contribution in [1.82, 2.24) is 0 Å². The second kappa shape index (κ2) is 6.74. The molecule has 1 aliphatic carbocycles. The Labute approximate surface area is 124 Å². The maximum absolute atomic E-state index is 12.3. The zero-order valence-corrected chi connectivity index (χ0v) is 12.4. The molecule has 0 atom stereocenters. The summed E-state index contributed by atoms with van der Waals surface area (Å²) in [4.78, 5) is 12.3. The first-order chi connectivity index (χ1) is 9.11. The summed E-state index contributed by atoms with van der Waals surface area (Å²) in [6, 6.07) is 5.36. The van der Waals surface area contributed by atoms with Crippen LogP contribution >= 0.6 is 23.2 Å². The first-order valence-electron chi connectivity index (χ1n) is 6.77. The van der Waals surface area contributed by atoms with Crippen LogP contribution in [0.25, 0.3) is 0 Å². The molecule has 2 N–H and O–H groups in total. The van der Waals surface area contributed by atoms with Crippen molar-refractivity contribution in [3.8, 4) is 0 Å². The summed E-state index contributed by atoms with van der Waals surface area (Å²) in [5, 5.41) is 1.16. The topological polar surface area (TPSA) is 43.1 Å². The molecule has 2 rings (SSSR count). The van der Waals surface area contributed by atoms with Crippen molar-refractivity contribution < 1.29 is 4.79 Å². The van der Waals surface area contributed by atoms with Crippen LogP contribution in [0, 0.1) is 11.8 Å². The SMILES string of the molecule is NCC1CCC(C(=O)Cc2c(Cl)cccc2Cl)CC1. The van der Waals surface area contributed by atoms with E-state index in [1.807, 2.05) is 0 Å². The van der Waals surface area contributed by atoms with E-state index in [1.165, 1.54) is 0 Å². The van der Waals surface area contributed by atoms with Gasteiger partial charge in [0.05, 0.1) is 0 Å². The standard InChI is InChI=1S/C15H19Cl2NO/c16-13-2-1-3-14(17)12(13)8-15(19)11-6-4-10(9-18)5-7-11/h1-3,10-11H,4-9,18H2. The molecule has 2 nitrogen and oxygen atoms in total. The van der Waals surface area contributed by atoms with Crippen molar-refractivity contribution in [3.63, 3.8) is 0 Å². The van der Waals surface area contributed by atoms with Gasteiger partial charge in [-0.15, -0.1) is 0 Å². The van der Waals surface area contributed by atoms with Crippen LogP contribution in [-0.2, 0) is 11.2 Å². The molecule has 0 heterocycles. The first kappa shape index (κ1) is 14.8. The third kappa shape index (κ3) is 3.71. The highest BCUT2D eigenvalue weighted by Gasteiger charge is 2.26. The quantitative estimate of drug-likeness (QED) is 0.917. The average molecular weight is 300 g/mol. The van der Waals surface area contributed by atoms with Crippen LogP contribution in [0.15, 0.2) is 18.2 Å². The number of hydrogen-bond donors (Lipinski definition) is 1. The first-order valence-corrected chi connectivity index (χ1v) is 7.53. The highest BCUT2D eigenvalue weighted by atomic mass is 35.5.